The predicted molar refractivity (Wildman–Crippen MR) is 72.2 cm³/mol. The highest BCUT2D eigenvalue weighted by molar-refractivity contribution is 9.10. The highest BCUT2D eigenvalue weighted by Gasteiger charge is 2.12. The molecule has 0 unspecified atom stereocenters. The second kappa shape index (κ2) is 5.79. The molecule has 0 atom stereocenters. The number of ether oxygens (including phenoxy) is 1. The molecule has 0 aliphatic rings. The number of hydrogen-bond acceptors (Lipinski definition) is 5. The van der Waals surface area contributed by atoms with Gasteiger partial charge in [0.2, 0.25) is 5.88 Å². The molecule has 3 N–H and O–H groups in total. The van der Waals surface area contributed by atoms with Crippen molar-refractivity contribution in [2.75, 3.05) is 18.9 Å². The van der Waals surface area contributed by atoms with Gasteiger partial charge in [-0.05, 0) is 17.7 Å². The molecule has 1 aromatic heterocycles. The maximum atomic E-state index is 8.79. The summed E-state index contributed by atoms with van der Waals surface area (Å²) >= 11 is 3.37. The first kappa shape index (κ1) is 12.8. The maximum absolute atomic E-state index is 8.79. The number of aromatic nitrogens is 2. The van der Waals surface area contributed by atoms with E-state index in [2.05, 4.69) is 25.9 Å². The fraction of sp³-hybridized carbons (Fsp3) is 0.167. The Labute approximate surface area is 113 Å². The van der Waals surface area contributed by atoms with Gasteiger partial charge in [0.05, 0.1) is 12.2 Å². The van der Waals surface area contributed by atoms with Crippen molar-refractivity contribution in [3.63, 3.8) is 0 Å². The zero-order valence-corrected chi connectivity index (χ0v) is 11.1. The average Bonchev–Trinajstić information content (AvgIpc) is 2.38. The largest absolute Gasteiger partial charge is 0.475 e. The van der Waals surface area contributed by atoms with E-state index < -0.39 is 0 Å². The van der Waals surface area contributed by atoms with Gasteiger partial charge in [-0.25, -0.2) is 9.97 Å². The van der Waals surface area contributed by atoms with Crippen LogP contribution in [0.2, 0.25) is 0 Å². The lowest BCUT2D eigenvalue weighted by molar-refractivity contribution is 0.197. The third kappa shape index (κ3) is 2.77. The van der Waals surface area contributed by atoms with Gasteiger partial charge in [0.1, 0.15) is 18.8 Å². The van der Waals surface area contributed by atoms with Crippen molar-refractivity contribution in [2.24, 2.45) is 0 Å². The van der Waals surface area contributed by atoms with Crippen molar-refractivity contribution in [3.05, 3.63) is 35.1 Å². The minimum atomic E-state index is -0.0797. The van der Waals surface area contributed by atoms with Gasteiger partial charge in [0, 0.05) is 4.47 Å². The van der Waals surface area contributed by atoms with Crippen molar-refractivity contribution < 1.29 is 9.84 Å². The monoisotopic (exact) mass is 309 g/mol. The van der Waals surface area contributed by atoms with Gasteiger partial charge in [-0.15, -0.1) is 0 Å². The van der Waals surface area contributed by atoms with Crippen LogP contribution in [0.25, 0.3) is 11.1 Å². The van der Waals surface area contributed by atoms with Gasteiger partial charge in [0.15, 0.2) is 0 Å². The minimum absolute atomic E-state index is 0.0797. The van der Waals surface area contributed by atoms with Gasteiger partial charge in [-0.1, -0.05) is 28.1 Å². The molecule has 0 bridgehead atoms. The number of anilines is 1. The molecule has 94 valence electrons. The quantitative estimate of drug-likeness (QED) is 0.901. The fourth-order valence-electron chi connectivity index (χ4n) is 1.52. The summed E-state index contributed by atoms with van der Waals surface area (Å²) in [7, 11) is 0. The molecule has 0 spiro atoms. The van der Waals surface area contributed by atoms with E-state index in [9.17, 15) is 0 Å². The molecule has 0 radical (unpaired) electrons. The third-order valence-corrected chi connectivity index (χ3v) is 2.83. The lowest BCUT2D eigenvalue weighted by Gasteiger charge is -2.11. The Balaban J connectivity index is 2.44. The lowest BCUT2D eigenvalue weighted by Crippen LogP contribution is -2.06. The Hall–Kier alpha value is -1.66. The zero-order chi connectivity index (χ0) is 13.0. The van der Waals surface area contributed by atoms with Crippen molar-refractivity contribution in [1.82, 2.24) is 9.97 Å². The lowest BCUT2D eigenvalue weighted by atomic mass is 10.1. The fourth-order valence-corrected chi connectivity index (χ4v) is 1.79. The van der Waals surface area contributed by atoms with E-state index >= 15 is 0 Å². The molecule has 0 fully saturated rings. The number of benzene rings is 1. The molecule has 0 aliphatic carbocycles. The summed E-state index contributed by atoms with van der Waals surface area (Å²) in [5, 5.41) is 8.79. The summed E-state index contributed by atoms with van der Waals surface area (Å²) in [6.07, 6.45) is 1.34. The molecule has 1 heterocycles. The van der Waals surface area contributed by atoms with E-state index in [1.165, 1.54) is 6.33 Å². The van der Waals surface area contributed by atoms with Crippen LogP contribution in [0.1, 0.15) is 0 Å². The summed E-state index contributed by atoms with van der Waals surface area (Å²) in [6, 6.07) is 7.59. The molecule has 18 heavy (non-hydrogen) atoms. The summed E-state index contributed by atoms with van der Waals surface area (Å²) in [6.45, 7) is 0.0870. The maximum Gasteiger partial charge on any atom is 0.226 e. The van der Waals surface area contributed by atoms with Crippen LogP contribution in [0.15, 0.2) is 35.1 Å². The molecule has 1 aromatic carbocycles. The smallest absolute Gasteiger partial charge is 0.226 e. The number of hydrogen-bond donors (Lipinski definition) is 2. The molecule has 5 nitrogen and oxygen atoms in total. The number of nitrogens with zero attached hydrogens (tertiary/aromatic N) is 2. The highest BCUT2D eigenvalue weighted by atomic mass is 79.9. The second-order valence-corrected chi connectivity index (χ2v) is 4.43. The van der Waals surface area contributed by atoms with Crippen LogP contribution in [-0.4, -0.2) is 28.3 Å². The molecular formula is C12H12BrN3O2. The Morgan fingerprint density at radius 3 is 2.61 bits per heavy atom. The Bertz CT molecular complexity index is 531. The first-order valence-corrected chi connectivity index (χ1v) is 6.11. The SMILES string of the molecule is Nc1ncnc(OCCO)c1-c1ccc(Br)cc1. The van der Waals surface area contributed by atoms with Crippen LogP contribution in [-0.2, 0) is 0 Å². The molecule has 2 aromatic rings. The van der Waals surface area contributed by atoms with Crippen LogP contribution in [0.3, 0.4) is 0 Å². The Kier molecular flexibility index (Phi) is 4.11. The number of aliphatic hydroxyl groups is 1. The molecule has 2 rings (SSSR count). The molecule has 0 aliphatic heterocycles. The molecular weight excluding hydrogens is 298 g/mol. The van der Waals surface area contributed by atoms with Crippen molar-refractivity contribution in [2.45, 2.75) is 0 Å². The van der Waals surface area contributed by atoms with Gasteiger partial charge >= 0.3 is 0 Å². The van der Waals surface area contributed by atoms with Crippen LogP contribution in [0.4, 0.5) is 5.82 Å². The summed E-state index contributed by atoms with van der Waals surface area (Å²) < 4.78 is 6.33. The van der Waals surface area contributed by atoms with Crippen molar-refractivity contribution in [1.29, 1.82) is 0 Å². The zero-order valence-electron chi connectivity index (χ0n) is 9.51. The first-order chi connectivity index (χ1) is 8.72. The van der Waals surface area contributed by atoms with Gasteiger partial charge < -0.3 is 15.6 Å². The van der Waals surface area contributed by atoms with Gasteiger partial charge in [-0.3, -0.25) is 0 Å². The van der Waals surface area contributed by atoms with E-state index in [1.807, 2.05) is 24.3 Å². The Morgan fingerprint density at radius 2 is 1.94 bits per heavy atom. The van der Waals surface area contributed by atoms with Crippen molar-refractivity contribution in [3.8, 4) is 17.0 Å². The van der Waals surface area contributed by atoms with E-state index in [0.29, 0.717) is 17.3 Å². The molecule has 0 amide bonds. The van der Waals surface area contributed by atoms with E-state index in [4.69, 9.17) is 15.6 Å². The third-order valence-electron chi connectivity index (χ3n) is 2.30. The average molecular weight is 310 g/mol. The van der Waals surface area contributed by atoms with Crippen LogP contribution < -0.4 is 10.5 Å². The van der Waals surface area contributed by atoms with Gasteiger partial charge in [0.25, 0.3) is 0 Å². The topological polar surface area (TPSA) is 81.3 Å². The van der Waals surface area contributed by atoms with Crippen LogP contribution in [0, 0.1) is 0 Å². The second-order valence-electron chi connectivity index (χ2n) is 3.52. The summed E-state index contributed by atoms with van der Waals surface area (Å²) in [4.78, 5) is 8.00. The summed E-state index contributed by atoms with van der Waals surface area (Å²) in [5.41, 5.74) is 7.36. The number of nitrogen functional groups attached to an aromatic ring is 1. The standard InChI is InChI=1S/C12H12BrN3O2/c13-9-3-1-8(2-4-9)10-11(14)15-7-16-12(10)18-6-5-17/h1-4,7,17H,5-6H2,(H2,14,15,16). The number of halogens is 1. The molecule has 0 saturated heterocycles. The molecule has 6 heteroatoms. The number of aliphatic hydroxyl groups excluding tert-OH is 1. The summed E-state index contributed by atoms with van der Waals surface area (Å²) in [5.74, 6) is 0.721. The predicted octanol–water partition coefficient (Wildman–Crippen LogP) is 1.86. The van der Waals surface area contributed by atoms with E-state index in [1.54, 1.807) is 0 Å². The van der Waals surface area contributed by atoms with Crippen LogP contribution >= 0.6 is 15.9 Å². The minimum Gasteiger partial charge on any atom is -0.475 e. The van der Waals surface area contributed by atoms with E-state index in [0.717, 1.165) is 10.0 Å². The van der Waals surface area contributed by atoms with E-state index in [-0.39, 0.29) is 13.2 Å². The van der Waals surface area contributed by atoms with Gasteiger partial charge in [-0.2, -0.15) is 0 Å². The van der Waals surface area contributed by atoms with Crippen molar-refractivity contribution >= 4 is 21.7 Å². The Morgan fingerprint density at radius 1 is 1.22 bits per heavy atom. The normalized spacial score (nSPS) is 10.3. The number of nitrogens with two attached hydrogens (primary N) is 1. The van der Waals surface area contributed by atoms with Crippen LogP contribution in [0.5, 0.6) is 5.88 Å². The number of rotatable bonds is 4. The first-order valence-electron chi connectivity index (χ1n) is 5.32. The molecule has 0 saturated carbocycles. The highest BCUT2D eigenvalue weighted by Crippen LogP contribution is 2.32.